The number of carbonyl (C=O) groups is 1. The van der Waals surface area contributed by atoms with E-state index in [1.807, 2.05) is 0 Å². The second-order valence-corrected chi connectivity index (χ2v) is 6.45. The molecule has 2 rings (SSSR count). The maximum absolute atomic E-state index is 13.6. The molecule has 0 radical (unpaired) electrons. The maximum Gasteiger partial charge on any atom is 0.237 e. The molecule has 2 aromatic rings. The molecule has 21 heavy (non-hydrogen) atoms. The Balaban J connectivity index is 2.06. The van der Waals surface area contributed by atoms with Crippen LogP contribution < -0.4 is 5.32 Å². The molecular weight excluding hydrogens is 332 g/mol. The van der Waals surface area contributed by atoms with Crippen LogP contribution in [0.15, 0.2) is 47.4 Å². The minimum absolute atomic E-state index is 0.271. The molecule has 0 bridgehead atoms. The van der Waals surface area contributed by atoms with Crippen LogP contribution in [0.25, 0.3) is 0 Å². The molecule has 1 amide bonds. The lowest BCUT2D eigenvalue weighted by molar-refractivity contribution is -0.115. The molecule has 0 fully saturated rings. The first-order valence-corrected chi connectivity index (χ1v) is 7.78. The summed E-state index contributed by atoms with van der Waals surface area (Å²) in [4.78, 5) is 12.6. The van der Waals surface area contributed by atoms with Crippen LogP contribution in [0.3, 0.4) is 0 Å². The first kappa shape index (κ1) is 16.1. The number of hydrogen-bond acceptors (Lipinski definition) is 2. The molecular formula is C15H12Cl2FNOS. The summed E-state index contributed by atoms with van der Waals surface area (Å²) in [6.07, 6.45) is 0. The van der Waals surface area contributed by atoms with E-state index in [-0.39, 0.29) is 16.7 Å². The number of carbonyl (C=O) groups excluding carboxylic acids is 1. The summed E-state index contributed by atoms with van der Waals surface area (Å²) in [5.41, 5.74) is 0.440. The van der Waals surface area contributed by atoms with Crippen molar-refractivity contribution in [2.45, 2.75) is 17.1 Å². The smallest absolute Gasteiger partial charge is 0.237 e. The van der Waals surface area contributed by atoms with Gasteiger partial charge in [0, 0.05) is 4.90 Å². The highest BCUT2D eigenvalue weighted by Crippen LogP contribution is 2.31. The van der Waals surface area contributed by atoms with Crippen LogP contribution in [0, 0.1) is 5.82 Å². The molecule has 0 spiro atoms. The van der Waals surface area contributed by atoms with Gasteiger partial charge in [-0.2, -0.15) is 0 Å². The van der Waals surface area contributed by atoms with Gasteiger partial charge < -0.3 is 5.32 Å². The minimum atomic E-state index is -0.475. The lowest BCUT2D eigenvalue weighted by Crippen LogP contribution is -2.22. The van der Waals surface area contributed by atoms with E-state index in [4.69, 9.17) is 23.2 Å². The monoisotopic (exact) mass is 343 g/mol. The van der Waals surface area contributed by atoms with Crippen LogP contribution in [-0.2, 0) is 4.79 Å². The summed E-state index contributed by atoms with van der Waals surface area (Å²) < 4.78 is 13.6. The van der Waals surface area contributed by atoms with E-state index in [9.17, 15) is 9.18 Å². The molecule has 0 saturated heterocycles. The second kappa shape index (κ2) is 7.16. The molecule has 6 heteroatoms. The molecule has 110 valence electrons. The molecule has 0 aliphatic heterocycles. The van der Waals surface area contributed by atoms with Crippen LogP contribution in [0.2, 0.25) is 10.0 Å². The van der Waals surface area contributed by atoms with E-state index in [2.05, 4.69) is 5.32 Å². The SMILES string of the molecule is CC(Sc1ccccc1F)C(=O)Nc1cccc(Cl)c1Cl. The third-order valence-corrected chi connectivity index (χ3v) is 4.69. The Bertz CT molecular complexity index is 666. The third-order valence-electron chi connectivity index (χ3n) is 2.72. The quantitative estimate of drug-likeness (QED) is 0.768. The van der Waals surface area contributed by atoms with Crippen molar-refractivity contribution in [2.24, 2.45) is 0 Å². The fraction of sp³-hybridized carbons (Fsp3) is 0.133. The van der Waals surface area contributed by atoms with Crippen LogP contribution >= 0.6 is 35.0 Å². The molecule has 1 unspecified atom stereocenters. The van der Waals surface area contributed by atoms with E-state index in [1.165, 1.54) is 6.07 Å². The van der Waals surface area contributed by atoms with Crippen molar-refractivity contribution in [1.29, 1.82) is 0 Å². The van der Waals surface area contributed by atoms with Gasteiger partial charge in [-0.05, 0) is 31.2 Å². The number of thioether (sulfide) groups is 1. The third kappa shape index (κ3) is 4.13. The molecule has 0 aromatic heterocycles. The van der Waals surface area contributed by atoms with Crippen LogP contribution in [0.1, 0.15) is 6.92 Å². The molecule has 2 nitrogen and oxygen atoms in total. The Morgan fingerprint density at radius 3 is 2.62 bits per heavy atom. The predicted molar refractivity (Wildman–Crippen MR) is 86.8 cm³/mol. The van der Waals surface area contributed by atoms with Crippen molar-refractivity contribution >= 4 is 46.6 Å². The molecule has 2 aromatic carbocycles. The Labute approximate surface area is 136 Å². The van der Waals surface area contributed by atoms with Gasteiger partial charge in [-0.3, -0.25) is 4.79 Å². The van der Waals surface area contributed by atoms with Gasteiger partial charge in [0.05, 0.1) is 21.0 Å². The summed E-state index contributed by atoms with van der Waals surface area (Å²) in [6, 6.07) is 11.3. The van der Waals surface area contributed by atoms with Gasteiger partial charge in [0.25, 0.3) is 0 Å². The summed E-state index contributed by atoms with van der Waals surface area (Å²) in [5.74, 6) is -0.615. The zero-order valence-corrected chi connectivity index (χ0v) is 13.4. The Hall–Kier alpha value is -1.23. The second-order valence-electron chi connectivity index (χ2n) is 4.28. The molecule has 0 saturated carbocycles. The number of halogens is 3. The zero-order valence-electron chi connectivity index (χ0n) is 11.1. The first-order chi connectivity index (χ1) is 9.99. The lowest BCUT2D eigenvalue weighted by Gasteiger charge is -2.13. The summed E-state index contributed by atoms with van der Waals surface area (Å²) in [5, 5.41) is 2.87. The fourth-order valence-corrected chi connectivity index (χ4v) is 2.85. The van der Waals surface area contributed by atoms with Crippen LogP contribution in [0.5, 0.6) is 0 Å². The fourth-order valence-electron chi connectivity index (χ4n) is 1.62. The molecule has 0 aliphatic carbocycles. The summed E-state index contributed by atoms with van der Waals surface area (Å²) in [7, 11) is 0. The van der Waals surface area contributed by atoms with Crippen LogP contribution in [0.4, 0.5) is 10.1 Å². The molecule has 0 heterocycles. The van der Waals surface area contributed by atoms with Crippen molar-refractivity contribution < 1.29 is 9.18 Å². The zero-order chi connectivity index (χ0) is 15.4. The lowest BCUT2D eigenvalue weighted by atomic mass is 10.3. The Morgan fingerprint density at radius 2 is 1.90 bits per heavy atom. The number of rotatable bonds is 4. The molecule has 0 aliphatic rings. The van der Waals surface area contributed by atoms with E-state index in [0.717, 1.165) is 11.8 Å². The minimum Gasteiger partial charge on any atom is -0.324 e. The van der Waals surface area contributed by atoms with Crippen molar-refractivity contribution in [3.63, 3.8) is 0 Å². The van der Waals surface area contributed by atoms with Gasteiger partial charge in [0.2, 0.25) is 5.91 Å². The summed E-state index contributed by atoms with van der Waals surface area (Å²) in [6.45, 7) is 1.70. The van der Waals surface area contributed by atoms with Gasteiger partial charge in [-0.25, -0.2) is 4.39 Å². The van der Waals surface area contributed by atoms with Crippen molar-refractivity contribution in [2.75, 3.05) is 5.32 Å². The highest BCUT2D eigenvalue weighted by molar-refractivity contribution is 8.00. The van der Waals surface area contributed by atoms with Crippen molar-refractivity contribution in [3.05, 3.63) is 58.3 Å². The van der Waals surface area contributed by atoms with Gasteiger partial charge in [-0.15, -0.1) is 11.8 Å². The van der Waals surface area contributed by atoms with Gasteiger partial charge in [0.1, 0.15) is 5.82 Å². The number of hydrogen-bond donors (Lipinski definition) is 1. The van der Waals surface area contributed by atoms with Gasteiger partial charge in [-0.1, -0.05) is 41.4 Å². The van der Waals surface area contributed by atoms with E-state index < -0.39 is 5.25 Å². The van der Waals surface area contributed by atoms with Crippen LogP contribution in [-0.4, -0.2) is 11.2 Å². The topological polar surface area (TPSA) is 29.1 Å². The average Bonchev–Trinajstić information content (AvgIpc) is 2.46. The van der Waals surface area contributed by atoms with E-state index in [1.54, 1.807) is 43.3 Å². The Morgan fingerprint density at radius 1 is 1.19 bits per heavy atom. The first-order valence-electron chi connectivity index (χ1n) is 6.15. The van der Waals surface area contributed by atoms with Gasteiger partial charge in [0.15, 0.2) is 0 Å². The number of amides is 1. The van der Waals surface area contributed by atoms with Crippen molar-refractivity contribution in [1.82, 2.24) is 0 Å². The number of nitrogens with one attached hydrogen (secondary N) is 1. The van der Waals surface area contributed by atoms with E-state index in [0.29, 0.717) is 15.6 Å². The highest BCUT2D eigenvalue weighted by Gasteiger charge is 2.17. The average molecular weight is 344 g/mol. The predicted octanol–water partition coefficient (Wildman–Crippen LogP) is 5.25. The highest BCUT2D eigenvalue weighted by atomic mass is 35.5. The van der Waals surface area contributed by atoms with Crippen molar-refractivity contribution in [3.8, 4) is 0 Å². The van der Waals surface area contributed by atoms with Gasteiger partial charge >= 0.3 is 0 Å². The standard InChI is InChI=1S/C15H12Cl2FNOS/c1-9(21-13-8-3-2-6-11(13)18)15(20)19-12-7-4-5-10(16)14(12)17/h2-9H,1H3,(H,19,20). The maximum atomic E-state index is 13.6. The summed E-state index contributed by atoms with van der Waals surface area (Å²) >= 11 is 13.0. The number of benzene rings is 2. The van der Waals surface area contributed by atoms with E-state index >= 15 is 0 Å². The Kier molecular flexibility index (Phi) is 5.51. The normalized spacial score (nSPS) is 12.0. The molecule has 1 atom stereocenters. The molecule has 1 N–H and O–H groups in total. The number of anilines is 1. The largest absolute Gasteiger partial charge is 0.324 e.